The Bertz CT molecular complexity index is 1220. The number of halogens is 1. The van der Waals surface area contributed by atoms with E-state index >= 15 is 0 Å². The van der Waals surface area contributed by atoms with Crippen LogP contribution in [0.15, 0.2) is 53.6 Å². The van der Waals surface area contributed by atoms with Crippen LogP contribution in [0.2, 0.25) is 5.02 Å². The second kappa shape index (κ2) is 8.47. The van der Waals surface area contributed by atoms with E-state index in [0.717, 1.165) is 26.8 Å². The number of sulfonamides is 1. The molecular weight excluding hydrogens is 430 g/mol. The molecule has 1 aromatic heterocycles. The van der Waals surface area contributed by atoms with E-state index < -0.39 is 27.9 Å². The summed E-state index contributed by atoms with van der Waals surface area (Å²) in [4.78, 5) is 27.3. The number of benzene rings is 2. The molecule has 0 bridgehead atoms. The largest absolute Gasteiger partial charge is 0.480 e. The fraction of sp³-hybridized carbons (Fsp3) is 0.200. The number of rotatable bonds is 7. The van der Waals surface area contributed by atoms with Gasteiger partial charge >= 0.3 is 5.97 Å². The molecule has 0 radical (unpaired) electrons. The number of hydrogen-bond donors (Lipinski definition) is 3. The molecule has 1 unspecified atom stereocenters. The van der Waals surface area contributed by atoms with Crippen LogP contribution in [0.1, 0.15) is 15.9 Å². The van der Waals surface area contributed by atoms with E-state index in [1.807, 2.05) is 24.3 Å². The first-order valence-corrected chi connectivity index (χ1v) is 10.7. The van der Waals surface area contributed by atoms with Crippen LogP contribution >= 0.6 is 11.6 Å². The van der Waals surface area contributed by atoms with Crippen molar-refractivity contribution in [2.75, 3.05) is 14.1 Å². The molecule has 10 heteroatoms. The summed E-state index contributed by atoms with van der Waals surface area (Å²) in [6.07, 6.45) is 1.76. The Morgan fingerprint density at radius 1 is 1.20 bits per heavy atom. The Balaban J connectivity index is 1.86. The van der Waals surface area contributed by atoms with Crippen molar-refractivity contribution in [2.24, 2.45) is 0 Å². The van der Waals surface area contributed by atoms with Crippen molar-refractivity contribution in [1.82, 2.24) is 14.6 Å². The first kappa shape index (κ1) is 21.8. The zero-order valence-electron chi connectivity index (χ0n) is 16.2. The van der Waals surface area contributed by atoms with E-state index in [-0.39, 0.29) is 21.9 Å². The van der Waals surface area contributed by atoms with E-state index in [0.29, 0.717) is 0 Å². The molecule has 0 aliphatic heterocycles. The maximum atomic E-state index is 12.7. The highest BCUT2D eigenvalue weighted by molar-refractivity contribution is 7.89. The van der Waals surface area contributed by atoms with Crippen LogP contribution in [0.3, 0.4) is 0 Å². The average Bonchev–Trinajstić information content (AvgIpc) is 3.10. The Morgan fingerprint density at radius 2 is 1.90 bits per heavy atom. The molecule has 0 aliphatic rings. The van der Waals surface area contributed by atoms with Gasteiger partial charge in [-0.25, -0.2) is 17.5 Å². The summed E-state index contributed by atoms with van der Waals surface area (Å²) >= 11 is 6.00. The Hall–Kier alpha value is -2.88. The molecule has 1 heterocycles. The first-order valence-electron chi connectivity index (χ1n) is 8.92. The van der Waals surface area contributed by atoms with Gasteiger partial charge in [-0.15, -0.1) is 0 Å². The number of nitrogens with zero attached hydrogens (tertiary/aromatic N) is 1. The number of carbonyl (C=O) groups is 2. The van der Waals surface area contributed by atoms with Crippen LogP contribution < -0.4 is 5.32 Å². The van der Waals surface area contributed by atoms with Crippen molar-refractivity contribution in [3.8, 4) is 0 Å². The summed E-state index contributed by atoms with van der Waals surface area (Å²) in [7, 11) is -1.18. The van der Waals surface area contributed by atoms with E-state index in [9.17, 15) is 23.1 Å². The summed E-state index contributed by atoms with van der Waals surface area (Å²) in [5.41, 5.74) is 1.59. The van der Waals surface area contributed by atoms with Gasteiger partial charge in [0.25, 0.3) is 5.91 Å². The molecule has 0 spiro atoms. The van der Waals surface area contributed by atoms with Crippen molar-refractivity contribution in [3.63, 3.8) is 0 Å². The summed E-state index contributed by atoms with van der Waals surface area (Å²) in [6.45, 7) is 0. The highest BCUT2D eigenvalue weighted by Crippen LogP contribution is 2.25. The van der Waals surface area contributed by atoms with Crippen molar-refractivity contribution >= 4 is 44.4 Å². The highest BCUT2D eigenvalue weighted by atomic mass is 35.5. The molecule has 0 saturated heterocycles. The number of carbonyl (C=O) groups excluding carboxylic acids is 1. The molecule has 0 aliphatic carbocycles. The second-order valence-electron chi connectivity index (χ2n) is 6.86. The molecule has 1 atom stereocenters. The molecule has 0 fully saturated rings. The number of hydrogen-bond acceptors (Lipinski definition) is 4. The maximum absolute atomic E-state index is 12.7. The summed E-state index contributed by atoms with van der Waals surface area (Å²) in [5, 5.41) is 12.9. The maximum Gasteiger partial charge on any atom is 0.326 e. The van der Waals surface area contributed by atoms with Crippen LogP contribution in [-0.4, -0.2) is 54.8 Å². The lowest BCUT2D eigenvalue weighted by atomic mass is 10.0. The number of para-hydroxylation sites is 1. The highest BCUT2D eigenvalue weighted by Gasteiger charge is 2.25. The SMILES string of the molecule is CN(C)S(=O)(=O)c1cc(C(=O)NC(Cc2c[nH]c3ccccc23)C(=O)O)ccc1Cl. The van der Waals surface area contributed by atoms with E-state index in [4.69, 9.17) is 11.6 Å². The molecular formula is C20H20ClN3O5S. The number of nitrogens with one attached hydrogen (secondary N) is 2. The third-order valence-electron chi connectivity index (χ3n) is 4.65. The molecule has 3 N–H and O–H groups in total. The molecule has 3 aromatic rings. The van der Waals surface area contributed by atoms with Gasteiger partial charge in [-0.3, -0.25) is 4.79 Å². The number of aliphatic carboxylic acids is 1. The van der Waals surface area contributed by atoms with Gasteiger partial charge in [0.15, 0.2) is 0 Å². The van der Waals surface area contributed by atoms with Gasteiger partial charge in [0.1, 0.15) is 10.9 Å². The molecule has 30 heavy (non-hydrogen) atoms. The Kier molecular flexibility index (Phi) is 6.16. The van der Waals surface area contributed by atoms with Crippen LogP contribution in [0.4, 0.5) is 0 Å². The average molecular weight is 450 g/mol. The van der Waals surface area contributed by atoms with Gasteiger partial charge in [0.05, 0.1) is 5.02 Å². The van der Waals surface area contributed by atoms with Crippen LogP contribution in [0, 0.1) is 0 Å². The smallest absolute Gasteiger partial charge is 0.326 e. The van der Waals surface area contributed by atoms with Crippen LogP contribution in [0.25, 0.3) is 10.9 Å². The lowest BCUT2D eigenvalue weighted by molar-refractivity contribution is -0.139. The minimum atomic E-state index is -3.87. The molecule has 3 rings (SSSR count). The van der Waals surface area contributed by atoms with Gasteiger partial charge < -0.3 is 15.4 Å². The van der Waals surface area contributed by atoms with Crippen molar-refractivity contribution < 1.29 is 23.1 Å². The normalized spacial score (nSPS) is 12.8. The minimum absolute atomic E-state index is 0.00926. The summed E-state index contributed by atoms with van der Waals surface area (Å²) in [5.74, 6) is -1.92. The number of H-pyrrole nitrogens is 1. The fourth-order valence-electron chi connectivity index (χ4n) is 3.00. The standard InChI is InChI=1S/C20H20ClN3O5S/c1-24(2)30(28,29)18-10-12(7-8-15(18)21)19(25)23-17(20(26)27)9-13-11-22-16-6-4-3-5-14(13)16/h3-8,10-11,17,22H,9H2,1-2H3,(H,23,25)(H,26,27). The molecule has 0 saturated carbocycles. The molecule has 2 aromatic carbocycles. The number of aromatic nitrogens is 1. The van der Waals surface area contributed by atoms with Crippen LogP contribution in [0.5, 0.6) is 0 Å². The topological polar surface area (TPSA) is 120 Å². The quantitative estimate of drug-likeness (QED) is 0.512. The zero-order valence-corrected chi connectivity index (χ0v) is 17.8. The lowest BCUT2D eigenvalue weighted by Gasteiger charge is -2.16. The van der Waals surface area contributed by atoms with E-state index in [1.165, 1.54) is 26.2 Å². The molecule has 1 amide bonds. The van der Waals surface area contributed by atoms with Gasteiger partial charge in [-0.2, -0.15) is 0 Å². The number of aromatic amines is 1. The number of carboxylic acid groups (broad SMARTS) is 1. The minimum Gasteiger partial charge on any atom is -0.480 e. The molecule has 158 valence electrons. The number of amides is 1. The van der Waals surface area contributed by atoms with Crippen molar-refractivity contribution in [2.45, 2.75) is 17.4 Å². The van der Waals surface area contributed by atoms with Gasteiger partial charge in [0, 0.05) is 43.2 Å². The van der Waals surface area contributed by atoms with Crippen molar-refractivity contribution in [1.29, 1.82) is 0 Å². The predicted molar refractivity (Wildman–Crippen MR) is 113 cm³/mol. The third kappa shape index (κ3) is 4.33. The summed E-state index contributed by atoms with van der Waals surface area (Å²) < 4.78 is 25.8. The third-order valence-corrected chi connectivity index (χ3v) is 6.95. The molecule has 8 nitrogen and oxygen atoms in total. The first-order chi connectivity index (χ1) is 14.1. The Morgan fingerprint density at radius 3 is 2.57 bits per heavy atom. The van der Waals surface area contributed by atoms with Crippen molar-refractivity contribution in [3.05, 3.63) is 64.8 Å². The van der Waals surface area contributed by atoms with Crippen LogP contribution in [-0.2, 0) is 21.2 Å². The monoisotopic (exact) mass is 449 g/mol. The Labute approximate surface area is 178 Å². The zero-order chi connectivity index (χ0) is 22.1. The van der Waals surface area contributed by atoms with Gasteiger partial charge in [-0.1, -0.05) is 29.8 Å². The van der Waals surface area contributed by atoms with Gasteiger partial charge in [0.2, 0.25) is 10.0 Å². The fourth-order valence-corrected chi connectivity index (χ4v) is 4.39. The number of fused-ring (bicyclic) bond motifs is 1. The van der Waals surface area contributed by atoms with Gasteiger partial charge in [-0.05, 0) is 29.8 Å². The number of carboxylic acids is 1. The lowest BCUT2D eigenvalue weighted by Crippen LogP contribution is -2.42. The second-order valence-corrected chi connectivity index (χ2v) is 9.39. The van der Waals surface area contributed by atoms with E-state index in [2.05, 4.69) is 10.3 Å². The predicted octanol–water partition coefficient (Wildman–Crippen LogP) is 2.50. The van der Waals surface area contributed by atoms with E-state index in [1.54, 1.807) is 6.20 Å². The summed E-state index contributed by atoms with van der Waals surface area (Å²) in [6, 6.07) is 10.00.